The van der Waals surface area contributed by atoms with Crippen molar-refractivity contribution in [3.8, 4) is 5.75 Å². The third-order valence-electron chi connectivity index (χ3n) is 4.80. The van der Waals surface area contributed by atoms with Gasteiger partial charge in [0, 0.05) is 22.8 Å². The van der Waals surface area contributed by atoms with Gasteiger partial charge in [-0.05, 0) is 53.6 Å². The van der Waals surface area contributed by atoms with Gasteiger partial charge in [0.25, 0.3) is 5.91 Å². The van der Waals surface area contributed by atoms with Crippen LogP contribution in [0.2, 0.25) is 5.02 Å². The highest BCUT2D eigenvalue weighted by atomic mass is 35.5. The zero-order chi connectivity index (χ0) is 20.2. The fourth-order valence-electron chi connectivity index (χ4n) is 3.25. The number of ether oxygens (including phenoxy) is 1. The molecule has 146 valence electrons. The van der Waals surface area contributed by atoms with Crippen molar-refractivity contribution >= 4 is 40.4 Å². The maximum Gasteiger partial charge on any atom is 0.256 e. The Morgan fingerprint density at radius 3 is 2.62 bits per heavy atom. The summed E-state index contributed by atoms with van der Waals surface area (Å²) >= 11 is 11.4. The molecular formula is C23H19ClN2O2S. The monoisotopic (exact) mass is 422 g/mol. The maximum absolute atomic E-state index is 12.5. The van der Waals surface area contributed by atoms with E-state index >= 15 is 0 Å². The van der Waals surface area contributed by atoms with Crippen LogP contribution < -0.4 is 15.4 Å². The molecule has 0 aliphatic carbocycles. The fraction of sp³-hybridized carbons (Fsp3) is 0.130. The van der Waals surface area contributed by atoms with E-state index in [1.165, 1.54) is 0 Å². The summed E-state index contributed by atoms with van der Waals surface area (Å²) in [6, 6.07) is 22.6. The van der Waals surface area contributed by atoms with Crippen molar-refractivity contribution in [3.05, 3.63) is 94.5 Å². The van der Waals surface area contributed by atoms with Gasteiger partial charge >= 0.3 is 0 Å². The summed E-state index contributed by atoms with van der Waals surface area (Å²) in [6.45, 7) is 1.13. The van der Waals surface area contributed by atoms with E-state index in [4.69, 9.17) is 28.6 Å². The van der Waals surface area contributed by atoms with Gasteiger partial charge in [0.1, 0.15) is 12.4 Å². The average Bonchev–Trinajstić information content (AvgIpc) is 3.17. The molecule has 0 radical (unpaired) electrons. The van der Waals surface area contributed by atoms with E-state index in [9.17, 15) is 4.79 Å². The fourth-order valence-corrected chi connectivity index (χ4v) is 3.68. The van der Waals surface area contributed by atoms with Crippen molar-refractivity contribution in [2.75, 3.05) is 11.9 Å². The van der Waals surface area contributed by atoms with Crippen LogP contribution in [0.3, 0.4) is 0 Å². The Morgan fingerprint density at radius 1 is 1.10 bits per heavy atom. The topological polar surface area (TPSA) is 50.4 Å². The van der Waals surface area contributed by atoms with E-state index < -0.39 is 0 Å². The second-order valence-corrected chi connectivity index (χ2v) is 7.66. The summed E-state index contributed by atoms with van der Waals surface area (Å²) in [5, 5.41) is 6.77. The first kappa shape index (κ1) is 19.4. The summed E-state index contributed by atoms with van der Waals surface area (Å²) < 4.78 is 5.94. The highest BCUT2D eigenvalue weighted by Crippen LogP contribution is 2.35. The first-order valence-corrected chi connectivity index (χ1v) is 10.0. The Labute approximate surface area is 179 Å². The number of anilines is 1. The van der Waals surface area contributed by atoms with Gasteiger partial charge in [-0.1, -0.05) is 54.2 Å². The van der Waals surface area contributed by atoms with Crippen LogP contribution in [-0.2, 0) is 6.61 Å². The normalized spacial score (nSPS) is 14.6. The first-order chi connectivity index (χ1) is 14.1. The second kappa shape index (κ2) is 8.64. The lowest BCUT2D eigenvalue weighted by atomic mass is 10.0. The van der Waals surface area contributed by atoms with Crippen molar-refractivity contribution in [1.82, 2.24) is 5.32 Å². The molecule has 4 nitrogen and oxygen atoms in total. The predicted molar refractivity (Wildman–Crippen MR) is 120 cm³/mol. The maximum atomic E-state index is 12.5. The number of amides is 1. The van der Waals surface area contributed by atoms with Crippen molar-refractivity contribution in [2.24, 2.45) is 0 Å². The quantitative estimate of drug-likeness (QED) is 0.556. The molecule has 0 spiro atoms. The largest absolute Gasteiger partial charge is 0.489 e. The molecule has 1 heterocycles. The van der Waals surface area contributed by atoms with Crippen molar-refractivity contribution < 1.29 is 9.53 Å². The number of thiocarbonyl (C=S) groups is 1. The lowest BCUT2D eigenvalue weighted by molar-refractivity contribution is 0.0977. The van der Waals surface area contributed by atoms with Gasteiger partial charge in [-0.3, -0.25) is 4.79 Å². The molecule has 1 atom stereocenters. The zero-order valence-corrected chi connectivity index (χ0v) is 17.1. The summed E-state index contributed by atoms with van der Waals surface area (Å²) in [5.41, 5.74) is 3.65. The number of carbonyl (C=O) groups is 1. The van der Waals surface area contributed by atoms with Crippen LogP contribution in [0, 0.1) is 0 Å². The third kappa shape index (κ3) is 4.58. The SMILES string of the molecule is O=C(NC(=S)C1CNc2ccc(OCc3ccccc3)cc21)c1ccc(Cl)cc1. The van der Waals surface area contributed by atoms with Gasteiger partial charge in [0.2, 0.25) is 0 Å². The number of fused-ring (bicyclic) bond motifs is 1. The molecule has 0 saturated carbocycles. The Balaban J connectivity index is 1.44. The molecule has 29 heavy (non-hydrogen) atoms. The Morgan fingerprint density at radius 2 is 1.86 bits per heavy atom. The van der Waals surface area contributed by atoms with Gasteiger partial charge in [-0.25, -0.2) is 0 Å². The van der Waals surface area contributed by atoms with Crippen LogP contribution in [0.1, 0.15) is 27.4 Å². The van der Waals surface area contributed by atoms with E-state index in [2.05, 4.69) is 10.6 Å². The van der Waals surface area contributed by atoms with Gasteiger partial charge < -0.3 is 15.4 Å². The Kier molecular flexibility index (Phi) is 5.79. The van der Waals surface area contributed by atoms with Crippen LogP contribution >= 0.6 is 23.8 Å². The van der Waals surface area contributed by atoms with Crippen molar-refractivity contribution in [3.63, 3.8) is 0 Å². The molecule has 0 aromatic heterocycles. The van der Waals surface area contributed by atoms with Crippen molar-refractivity contribution in [1.29, 1.82) is 0 Å². The first-order valence-electron chi connectivity index (χ1n) is 9.25. The highest BCUT2D eigenvalue weighted by molar-refractivity contribution is 7.80. The van der Waals surface area contributed by atoms with E-state index in [1.807, 2.05) is 48.5 Å². The smallest absolute Gasteiger partial charge is 0.256 e. The molecule has 1 unspecified atom stereocenters. The molecule has 1 aliphatic rings. The number of hydrogen-bond donors (Lipinski definition) is 2. The number of rotatable bonds is 5. The summed E-state index contributed by atoms with van der Waals surface area (Å²) in [6.07, 6.45) is 0. The van der Waals surface area contributed by atoms with Crippen LogP contribution in [0.5, 0.6) is 5.75 Å². The van der Waals surface area contributed by atoms with Gasteiger partial charge in [-0.2, -0.15) is 0 Å². The second-order valence-electron chi connectivity index (χ2n) is 6.78. The molecule has 0 bridgehead atoms. The van der Waals surface area contributed by atoms with E-state index in [1.54, 1.807) is 24.3 Å². The summed E-state index contributed by atoms with van der Waals surface area (Å²) in [4.78, 5) is 13.0. The van der Waals surface area contributed by atoms with Crippen LogP contribution in [0.25, 0.3) is 0 Å². The summed E-state index contributed by atoms with van der Waals surface area (Å²) in [7, 11) is 0. The van der Waals surface area contributed by atoms with Crippen LogP contribution in [0.15, 0.2) is 72.8 Å². The molecule has 2 N–H and O–H groups in total. The number of benzene rings is 3. The summed E-state index contributed by atoms with van der Waals surface area (Å²) in [5.74, 6) is 0.432. The molecule has 1 aliphatic heterocycles. The number of halogens is 1. The van der Waals surface area contributed by atoms with Gasteiger partial charge in [0.15, 0.2) is 0 Å². The zero-order valence-electron chi connectivity index (χ0n) is 15.5. The Hall–Kier alpha value is -2.89. The minimum atomic E-state index is -0.239. The lowest BCUT2D eigenvalue weighted by Crippen LogP contribution is -2.34. The number of nitrogens with one attached hydrogen (secondary N) is 2. The minimum absolute atomic E-state index is 0.100. The Bertz CT molecular complexity index is 1040. The number of hydrogen-bond acceptors (Lipinski definition) is 4. The molecular weight excluding hydrogens is 404 g/mol. The standard InChI is InChI=1S/C23H19ClN2O2S/c24-17-8-6-16(7-9-17)22(27)26-23(29)20-13-25-21-11-10-18(12-19(20)21)28-14-15-4-2-1-3-5-15/h1-12,20,25H,13-14H2,(H,26,27,29). The molecule has 1 amide bonds. The van der Waals surface area contributed by atoms with Crippen molar-refractivity contribution in [2.45, 2.75) is 12.5 Å². The average molecular weight is 423 g/mol. The molecule has 0 fully saturated rings. The lowest BCUT2D eigenvalue weighted by Gasteiger charge is -2.15. The van der Waals surface area contributed by atoms with Crippen LogP contribution in [0.4, 0.5) is 5.69 Å². The van der Waals surface area contributed by atoms with E-state index in [0.717, 1.165) is 22.6 Å². The van der Waals surface area contributed by atoms with E-state index in [-0.39, 0.29) is 11.8 Å². The predicted octanol–water partition coefficient (Wildman–Crippen LogP) is 5.19. The van der Waals surface area contributed by atoms with Gasteiger partial charge in [0.05, 0.1) is 10.9 Å². The molecule has 3 aromatic rings. The molecule has 0 saturated heterocycles. The molecule has 4 rings (SSSR count). The third-order valence-corrected chi connectivity index (χ3v) is 5.44. The van der Waals surface area contributed by atoms with E-state index in [0.29, 0.717) is 28.7 Å². The molecule has 6 heteroatoms. The molecule has 3 aromatic carbocycles. The highest BCUT2D eigenvalue weighted by Gasteiger charge is 2.27. The number of carbonyl (C=O) groups excluding carboxylic acids is 1. The van der Waals surface area contributed by atoms with Gasteiger partial charge in [-0.15, -0.1) is 0 Å². The minimum Gasteiger partial charge on any atom is -0.489 e. The van der Waals surface area contributed by atoms with Crippen LogP contribution in [-0.4, -0.2) is 17.4 Å².